The largest absolute Gasteiger partial charge is 0.325 e. The van der Waals surface area contributed by atoms with Gasteiger partial charge in [-0.15, -0.1) is 0 Å². The van der Waals surface area contributed by atoms with Crippen LogP contribution in [-0.4, -0.2) is 27.0 Å². The summed E-state index contributed by atoms with van der Waals surface area (Å²) in [4.78, 5) is 42.4. The first-order valence-electron chi connectivity index (χ1n) is 11.0. The van der Waals surface area contributed by atoms with Crippen molar-refractivity contribution in [2.75, 3.05) is 11.1 Å². The average molecular weight is 472 g/mol. The Morgan fingerprint density at radius 1 is 0.971 bits per heavy atom. The molecule has 0 bridgehead atoms. The summed E-state index contributed by atoms with van der Waals surface area (Å²) in [5.41, 5.74) is 3.40. The molecule has 0 unspecified atom stereocenters. The van der Waals surface area contributed by atoms with Crippen LogP contribution in [0.3, 0.4) is 0 Å². The average Bonchev–Trinajstić information content (AvgIpc) is 2.83. The number of hydrogen-bond donors (Lipinski definition) is 1. The molecular weight excluding hydrogens is 446 g/mol. The highest BCUT2D eigenvalue weighted by Crippen LogP contribution is 2.27. The second kappa shape index (κ2) is 10.1. The van der Waals surface area contributed by atoms with E-state index in [1.165, 1.54) is 18.7 Å². The number of carbonyl (C=O) groups is 2. The van der Waals surface area contributed by atoms with E-state index in [0.717, 1.165) is 11.3 Å². The molecule has 0 aliphatic rings. The van der Waals surface area contributed by atoms with Gasteiger partial charge in [0.15, 0.2) is 10.9 Å². The lowest BCUT2D eigenvalue weighted by molar-refractivity contribution is -0.113. The quantitative estimate of drug-likeness (QED) is 0.220. The van der Waals surface area contributed by atoms with E-state index in [0.29, 0.717) is 27.3 Å². The molecule has 4 rings (SSSR count). The smallest absolute Gasteiger partial charge is 0.266 e. The molecule has 1 N–H and O–H groups in total. The van der Waals surface area contributed by atoms with E-state index in [9.17, 15) is 14.4 Å². The lowest BCUT2D eigenvalue weighted by Crippen LogP contribution is -2.24. The second-order valence-corrected chi connectivity index (χ2v) is 9.18. The highest BCUT2D eigenvalue weighted by molar-refractivity contribution is 7.99. The van der Waals surface area contributed by atoms with Crippen molar-refractivity contribution in [3.05, 3.63) is 94.3 Å². The summed E-state index contributed by atoms with van der Waals surface area (Å²) >= 11 is 1.21. The van der Waals surface area contributed by atoms with E-state index in [4.69, 9.17) is 4.98 Å². The number of aromatic nitrogens is 2. The number of Topliss-reactive ketones (excluding diaryl/α,β-unsaturated/α-hetero) is 1. The first kappa shape index (κ1) is 23.4. The van der Waals surface area contributed by atoms with Crippen LogP contribution in [0.25, 0.3) is 16.6 Å². The molecule has 1 aromatic heterocycles. The molecule has 34 heavy (non-hydrogen) atoms. The zero-order valence-corrected chi connectivity index (χ0v) is 20.1. The van der Waals surface area contributed by atoms with E-state index in [-0.39, 0.29) is 28.9 Å². The molecule has 0 fully saturated rings. The van der Waals surface area contributed by atoms with E-state index in [2.05, 4.69) is 19.2 Å². The Labute approximate surface area is 202 Å². The van der Waals surface area contributed by atoms with Crippen LogP contribution in [0.1, 0.15) is 42.6 Å². The molecule has 0 saturated carbocycles. The number of thioether (sulfide) groups is 1. The molecule has 0 aliphatic carbocycles. The Kier molecular flexibility index (Phi) is 6.93. The molecule has 0 atom stereocenters. The maximum Gasteiger partial charge on any atom is 0.266 e. The van der Waals surface area contributed by atoms with Gasteiger partial charge in [0.25, 0.3) is 5.56 Å². The van der Waals surface area contributed by atoms with Crippen LogP contribution in [0.15, 0.2) is 82.7 Å². The molecular formula is C27H25N3O3S. The third-order valence-corrected chi connectivity index (χ3v) is 6.39. The SMILES string of the molecule is CC(=O)c1ccc(NC(=O)CSc2nc3ccccc3c(=O)n2-c2ccccc2C(C)C)cc1. The summed E-state index contributed by atoms with van der Waals surface area (Å²) in [6.07, 6.45) is 0. The first-order valence-corrected chi connectivity index (χ1v) is 12.0. The summed E-state index contributed by atoms with van der Waals surface area (Å²) in [5.74, 6) is 0.0131. The number of hydrogen-bond acceptors (Lipinski definition) is 5. The Morgan fingerprint density at radius 3 is 2.35 bits per heavy atom. The summed E-state index contributed by atoms with van der Waals surface area (Å²) in [5, 5.41) is 3.82. The van der Waals surface area contributed by atoms with Gasteiger partial charge in [0, 0.05) is 11.3 Å². The fourth-order valence-electron chi connectivity index (χ4n) is 3.72. The van der Waals surface area contributed by atoms with Gasteiger partial charge in [-0.1, -0.05) is 55.9 Å². The van der Waals surface area contributed by atoms with Gasteiger partial charge in [0.05, 0.1) is 22.3 Å². The number of carbonyl (C=O) groups excluding carboxylic acids is 2. The van der Waals surface area contributed by atoms with E-state index >= 15 is 0 Å². The standard InChI is InChI=1S/C27H25N3O3S/c1-17(2)21-8-5-7-11-24(21)30-26(33)22-9-4-6-10-23(22)29-27(30)34-16-25(32)28-20-14-12-19(13-15-20)18(3)31/h4-15,17H,16H2,1-3H3,(H,28,32). The molecule has 1 amide bonds. The van der Waals surface area contributed by atoms with Crippen molar-refractivity contribution in [1.82, 2.24) is 9.55 Å². The maximum absolute atomic E-state index is 13.5. The van der Waals surface area contributed by atoms with Gasteiger partial charge in [-0.05, 0) is 60.9 Å². The van der Waals surface area contributed by atoms with Gasteiger partial charge in [-0.3, -0.25) is 19.0 Å². The van der Waals surface area contributed by atoms with Crippen LogP contribution >= 0.6 is 11.8 Å². The fraction of sp³-hybridized carbons (Fsp3) is 0.185. The summed E-state index contributed by atoms with van der Waals surface area (Å²) in [6.45, 7) is 5.66. The molecule has 4 aromatic rings. The molecule has 3 aromatic carbocycles. The number of anilines is 1. The van der Waals surface area contributed by atoms with Crippen molar-refractivity contribution in [3.63, 3.8) is 0 Å². The molecule has 0 radical (unpaired) electrons. The van der Waals surface area contributed by atoms with Gasteiger partial charge in [0.2, 0.25) is 5.91 Å². The van der Waals surface area contributed by atoms with Gasteiger partial charge in [-0.2, -0.15) is 0 Å². The normalized spacial score (nSPS) is 11.1. The van der Waals surface area contributed by atoms with Gasteiger partial charge in [0.1, 0.15) is 0 Å². The molecule has 0 aliphatic heterocycles. The minimum Gasteiger partial charge on any atom is -0.325 e. The van der Waals surface area contributed by atoms with E-state index in [1.807, 2.05) is 36.4 Å². The Hall–Kier alpha value is -3.71. The number of nitrogens with zero attached hydrogens (tertiary/aromatic N) is 2. The minimum absolute atomic E-state index is 0.0320. The third-order valence-electron chi connectivity index (χ3n) is 5.45. The van der Waals surface area contributed by atoms with Crippen LogP contribution in [0.2, 0.25) is 0 Å². The highest BCUT2D eigenvalue weighted by Gasteiger charge is 2.18. The van der Waals surface area contributed by atoms with Gasteiger partial charge >= 0.3 is 0 Å². The van der Waals surface area contributed by atoms with Crippen molar-refractivity contribution < 1.29 is 9.59 Å². The minimum atomic E-state index is -0.230. The molecule has 6 nitrogen and oxygen atoms in total. The molecule has 172 valence electrons. The number of benzene rings is 3. The van der Waals surface area contributed by atoms with Crippen molar-refractivity contribution >= 4 is 40.0 Å². The van der Waals surface area contributed by atoms with E-state index in [1.54, 1.807) is 41.0 Å². The van der Waals surface area contributed by atoms with Crippen molar-refractivity contribution in [1.29, 1.82) is 0 Å². The van der Waals surface area contributed by atoms with Crippen LogP contribution in [0.4, 0.5) is 5.69 Å². The van der Waals surface area contributed by atoms with Crippen molar-refractivity contribution in [2.24, 2.45) is 0 Å². The second-order valence-electron chi connectivity index (χ2n) is 8.24. The number of rotatable bonds is 7. The zero-order chi connectivity index (χ0) is 24.2. The maximum atomic E-state index is 13.5. The third kappa shape index (κ3) is 4.94. The van der Waals surface area contributed by atoms with Gasteiger partial charge < -0.3 is 5.32 Å². The topological polar surface area (TPSA) is 81.1 Å². The number of fused-ring (bicyclic) bond motifs is 1. The number of para-hydroxylation sites is 2. The monoisotopic (exact) mass is 471 g/mol. The van der Waals surface area contributed by atoms with Gasteiger partial charge in [-0.25, -0.2) is 4.98 Å². The van der Waals surface area contributed by atoms with Crippen LogP contribution < -0.4 is 10.9 Å². The number of nitrogens with one attached hydrogen (secondary N) is 1. The molecule has 0 spiro atoms. The summed E-state index contributed by atoms with van der Waals surface area (Å²) < 4.78 is 1.61. The van der Waals surface area contributed by atoms with Crippen LogP contribution in [-0.2, 0) is 4.79 Å². The van der Waals surface area contributed by atoms with Crippen molar-refractivity contribution in [3.8, 4) is 5.69 Å². The number of ketones is 1. The lowest BCUT2D eigenvalue weighted by Gasteiger charge is -2.18. The Bertz CT molecular complexity index is 1430. The fourth-order valence-corrected chi connectivity index (χ4v) is 4.52. The summed E-state index contributed by atoms with van der Waals surface area (Å²) in [7, 11) is 0. The van der Waals surface area contributed by atoms with Crippen LogP contribution in [0.5, 0.6) is 0 Å². The number of amides is 1. The van der Waals surface area contributed by atoms with Crippen molar-refractivity contribution in [2.45, 2.75) is 31.8 Å². The Morgan fingerprint density at radius 2 is 1.65 bits per heavy atom. The first-order chi connectivity index (χ1) is 16.3. The predicted molar refractivity (Wildman–Crippen MR) is 137 cm³/mol. The summed E-state index contributed by atoms with van der Waals surface area (Å²) in [6, 6.07) is 21.7. The highest BCUT2D eigenvalue weighted by atomic mass is 32.2. The van der Waals surface area contributed by atoms with Crippen LogP contribution in [0, 0.1) is 0 Å². The molecule has 0 saturated heterocycles. The predicted octanol–water partition coefficient (Wildman–Crippen LogP) is 5.44. The Balaban J connectivity index is 1.67. The zero-order valence-electron chi connectivity index (χ0n) is 19.2. The molecule has 7 heteroatoms. The molecule has 1 heterocycles. The lowest BCUT2D eigenvalue weighted by atomic mass is 10.0. The van der Waals surface area contributed by atoms with E-state index < -0.39 is 0 Å².